The number of ether oxygens (including phenoxy) is 1. The third kappa shape index (κ3) is 3.20. The first-order chi connectivity index (χ1) is 10.1. The molecule has 0 bridgehead atoms. The summed E-state index contributed by atoms with van der Waals surface area (Å²) < 4.78 is 7.97. The van der Waals surface area contributed by atoms with E-state index in [1.54, 1.807) is 17.4 Å². The van der Waals surface area contributed by atoms with Gasteiger partial charge in [0, 0.05) is 29.2 Å². The van der Waals surface area contributed by atoms with E-state index in [-0.39, 0.29) is 0 Å². The Kier molecular flexibility index (Phi) is 4.14. The van der Waals surface area contributed by atoms with Gasteiger partial charge in [-0.3, -0.25) is 4.40 Å². The van der Waals surface area contributed by atoms with Crippen LogP contribution < -0.4 is 10.1 Å². The van der Waals surface area contributed by atoms with Crippen LogP contribution in [0.15, 0.2) is 35.8 Å². The SMILES string of the molecule is CC(C)NCc1c(Oc2cccc(Cl)c2)nc2sccn12. The van der Waals surface area contributed by atoms with Crippen LogP contribution in [-0.4, -0.2) is 15.4 Å². The van der Waals surface area contributed by atoms with Gasteiger partial charge in [-0.1, -0.05) is 31.5 Å². The molecule has 6 heteroatoms. The Morgan fingerprint density at radius 3 is 3.05 bits per heavy atom. The molecule has 0 fully saturated rings. The molecule has 4 nitrogen and oxygen atoms in total. The van der Waals surface area contributed by atoms with Crippen molar-refractivity contribution in [3.63, 3.8) is 0 Å². The van der Waals surface area contributed by atoms with E-state index in [0.717, 1.165) is 10.7 Å². The van der Waals surface area contributed by atoms with Crippen LogP contribution in [0.5, 0.6) is 11.6 Å². The smallest absolute Gasteiger partial charge is 0.243 e. The standard InChI is InChI=1S/C15H16ClN3OS/c1-10(2)17-9-13-14(18-15-19(13)6-7-21-15)20-12-5-3-4-11(16)8-12/h3-8,10,17H,9H2,1-2H3. The molecule has 1 aromatic carbocycles. The summed E-state index contributed by atoms with van der Waals surface area (Å²) in [6, 6.07) is 7.74. The summed E-state index contributed by atoms with van der Waals surface area (Å²) in [5.74, 6) is 1.32. The quantitative estimate of drug-likeness (QED) is 0.759. The van der Waals surface area contributed by atoms with Crippen molar-refractivity contribution < 1.29 is 4.74 Å². The second-order valence-corrected chi connectivity index (χ2v) is 6.32. The summed E-state index contributed by atoms with van der Waals surface area (Å²) in [4.78, 5) is 5.48. The van der Waals surface area contributed by atoms with Crippen LogP contribution in [-0.2, 0) is 6.54 Å². The van der Waals surface area contributed by atoms with Crippen molar-refractivity contribution in [2.45, 2.75) is 26.4 Å². The third-order valence-corrected chi connectivity index (χ3v) is 4.00. The summed E-state index contributed by atoms with van der Waals surface area (Å²) in [6.07, 6.45) is 2.01. The van der Waals surface area contributed by atoms with Crippen molar-refractivity contribution in [2.75, 3.05) is 0 Å². The Labute approximate surface area is 132 Å². The van der Waals surface area contributed by atoms with Gasteiger partial charge in [0.05, 0.1) is 0 Å². The van der Waals surface area contributed by atoms with Crippen molar-refractivity contribution in [3.05, 3.63) is 46.6 Å². The first-order valence-corrected chi connectivity index (χ1v) is 8.00. The number of hydrogen-bond acceptors (Lipinski definition) is 4. The molecule has 21 heavy (non-hydrogen) atoms. The van der Waals surface area contributed by atoms with E-state index in [0.29, 0.717) is 29.2 Å². The average molecular weight is 322 g/mol. The molecule has 2 aromatic heterocycles. The molecule has 3 rings (SSSR count). The Morgan fingerprint density at radius 2 is 2.29 bits per heavy atom. The van der Waals surface area contributed by atoms with Gasteiger partial charge in [0.25, 0.3) is 0 Å². The van der Waals surface area contributed by atoms with Gasteiger partial charge >= 0.3 is 0 Å². The largest absolute Gasteiger partial charge is 0.437 e. The topological polar surface area (TPSA) is 38.6 Å². The van der Waals surface area contributed by atoms with Crippen molar-refractivity contribution in [1.29, 1.82) is 0 Å². The molecular formula is C15H16ClN3OS. The molecule has 0 saturated carbocycles. The summed E-state index contributed by atoms with van der Waals surface area (Å²) in [6.45, 7) is 4.93. The summed E-state index contributed by atoms with van der Waals surface area (Å²) in [5, 5.41) is 6.07. The molecule has 0 amide bonds. The number of imidazole rings is 1. The van der Waals surface area contributed by atoms with E-state index < -0.39 is 0 Å². The third-order valence-electron chi connectivity index (χ3n) is 3.01. The highest BCUT2D eigenvalue weighted by molar-refractivity contribution is 7.15. The lowest BCUT2D eigenvalue weighted by molar-refractivity contribution is 0.452. The zero-order valence-electron chi connectivity index (χ0n) is 11.8. The molecule has 110 valence electrons. The molecular weight excluding hydrogens is 306 g/mol. The maximum atomic E-state index is 6.00. The molecule has 0 aliphatic carbocycles. The number of fused-ring (bicyclic) bond motifs is 1. The van der Waals surface area contributed by atoms with Crippen LogP contribution in [0.25, 0.3) is 4.96 Å². The molecule has 0 aliphatic heterocycles. The van der Waals surface area contributed by atoms with Gasteiger partial charge in [0.2, 0.25) is 5.88 Å². The minimum Gasteiger partial charge on any atom is -0.437 e. The van der Waals surface area contributed by atoms with E-state index in [4.69, 9.17) is 16.3 Å². The van der Waals surface area contributed by atoms with Crippen molar-refractivity contribution in [1.82, 2.24) is 14.7 Å². The highest BCUT2D eigenvalue weighted by Gasteiger charge is 2.15. The van der Waals surface area contributed by atoms with Crippen LogP contribution >= 0.6 is 22.9 Å². The molecule has 0 atom stereocenters. The van der Waals surface area contributed by atoms with Crippen molar-refractivity contribution in [3.8, 4) is 11.6 Å². The number of thiazole rings is 1. The van der Waals surface area contributed by atoms with E-state index >= 15 is 0 Å². The Balaban J connectivity index is 1.93. The van der Waals surface area contributed by atoms with Gasteiger partial charge in [-0.05, 0) is 18.2 Å². The number of nitrogens with one attached hydrogen (secondary N) is 1. The maximum absolute atomic E-state index is 6.00. The fourth-order valence-electron chi connectivity index (χ4n) is 2.00. The van der Waals surface area contributed by atoms with Crippen LogP contribution in [0.2, 0.25) is 5.02 Å². The molecule has 2 heterocycles. The predicted molar refractivity (Wildman–Crippen MR) is 86.6 cm³/mol. The molecule has 0 radical (unpaired) electrons. The van der Waals surface area contributed by atoms with Gasteiger partial charge in [0.1, 0.15) is 11.4 Å². The number of benzene rings is 1. The normalized spacial score (nSPS) is 11.4. The lowest BCUT2D eigenvalue weighted by atomic mass is 10.3. The predicted octanol–water partition coefficient (Wildman–Crippen LogP) is 4.34. The van der Waals surface area contributed by atoms with Gasteiger partial charge in [0.15, 0.2) is 4.96 Å². The summed E-state index contributed by atoms with van der Waals surface area (Å²) in [7, 11) is 0. The molecule has 0 unspecified atom stereocenters. The zero-order valence-corrected chi connectivity index (χ0v) is 13.4. The highest BCUT2D eigenvalue weighted by Crippen LogP contribution is 2.29. The first kappa shape index (κ1) is 14.4. The summed E-state index contributed by atoms with van der Waals surface area (Å²) >= 11 is 7.58. The van der Waals surface area contributed by atoms with Gasteiger partial charge < -0.3 is 10.1 Å². The van der Waals surface area contributed by atoms with Crippen LogP contribution in [0, 0.1) is 0 Å². The Hall–Kier alpha value is -1.56. The second kappa shape index (κ2) is 6.05. The van der Waals surface area contributed by atoms with E-state index in [2.05, 4.69) is 28.5 Å². The minimum absolute atomic E-state index is 0.396. The Morgan fingerprint density at radius 1 is 1.43 bits per heavy atom. The molecule has 3 aromatic rings. The van der Waals surface area contributed by atoms with Gasteiger partial charge in [-0.2, -0.15) is 4.98 Å². The number of aromatic nitrogens is 2. The lowest BCUT2D eigenvalue weighted by Crippen LogP contribution is -2.22. The average Bonchev–Trinajstić information content (AvgIpc) is 2.97. The van der Waals surface area contributed by atoms with Crippen molar-refractivity contribution in [2.24, 2.45) is 0 Å². The molecule has 0 aliphatic rings. The van der Waals surface area contributed by atoms with Gasteiger partial charge in [-0.15, -0.1) is 11.3 Å². The van der Waals surface area contributed by atoms with Crippen molar-refractivity contribution >= 4 is 27.9 Å². The van der Waals surface area contributed by atoms with Crippen LogP contribution in [0.1, 0.15) is 19.5 Å². The minimum atomic E-state index is 0.396. The Bertz CT molecular complexity index is 750. The van der Waals surface area contributed by atoms with Gasteiger partial charge in [-0.25, -0.2) is 0 Å². The zero-order chi connectivity index (χ0) is 14.8. The maximum Gasteiger partial charge on any atom is 0.243 e. The molecule has 1 N–H and O–H groups in total. The van der Waals surface area contributed by atoms with E-state index in [9.17, 15) is 0 Å². The van der Waals surface area contributed by atoms with E-state index in [1.807, 2.05) is 29.8 Å². The lowest BCUT2D eigenvalue weighted by Gasteiger charge is -2.10. The fourth-order valence-corrected chi connectivity index (χ4v) is 2.90. The fraction of sp³-hybridized carbons (Fsp3) is 0.267. The summed E-state index contributed by atoms with van der Waals surface area (Å²) in [5.41, 5.74) is 1.01. The highest BCUT2D eigenvalue weighted by atomic mass is 35.5. The molecule has 0 spiro atoms. The second-order valence-electron chi connectivity index (χ2n) is 5.01. The number of hydrogen-bond donors (Lipinski definition) is 1. The molecule has 0 saturated heterocycles. The number of nitrogens with zero attached hydrogens (tertiary/aromatic N) is 2. The first-order valence-electron chi connectivity index (χ1n) is 6.74. The monoisotopic (exact) mass is 321 g/mol. The number of halogens is 1. The van der Waals surface area contributed by atoms with Crippen LogP contribution in [0.4, 0.5) is 0 Å². The van der Waals surface area contributed by atoms with Crippen LogP contribution in [0.3, 0.4) is 0 Å². The number of rotatable bonds is 5. The van der Waals surface area contributed by atoms with E-state index in [1.165, 1.54) is 0 Å².